The second kappa shape index (κ2) is 10.2. The van der Waals surface area contributed by atoms with Crippen LogP contribution in [-0.4, -0.2) is 53.2 Å². The van der Waals surface area contributed by atoms with Crippen molar-refractivity contribution < 1.29 is 14.3 Å². The Morgan fingerprint density at radius 2 is 1.84 bits per heavy atom. The number of nitrogens with one attached hydrogen (secondary N) is 2. The Kier molecular flexibility index (Phi) is 7.21. The van der Waals surface area contributed by atoms with E-state index in [1.165, 1.54) is 6.08 Å². The highest BCUT2D eigenvalue weighted by atomic mass is 16.5. The summed E-state index contributed by atoms with van der Waals surface area (Å²) < 4.78 is 12.2. The number of rotatable bonds is 9. The molecular weight excluding hydrogens is 396 g/mol. The third-order valence-corrected chi connectivity index (χ3v) is 4.44. The minimum absolute atomic E-state index is 0.192. The Labute approximate surface area is 181 Å². The van der Waals surface area contributed by atoms with Crippen LogP contribution in [0.15, 0.2) is 42.5 Å². The van der Waals surface area contributed by atoms with E-state index in [0.29, 0.717) is 36.2 Å². The number of aromatic nitrogens is 4. The lowest BCUT2D eigenvalue weighted by Crippen LogP contribution is -2.27. The Morgan fingerprint density at radius 1 is 1.03 bits per heavy atom. The number of aryl methyl sites for hydroxylation is 2. The minimum Gasteiger partial charge on any atom is -0.493 e. The lowest BCUT2D eigenvalue weighted by Gasteiger charge is -2.08. The summed E-state index contributed by atoms with van der Waals surface area (Å²) in [5.41, 5.74) is 2.76. The molecule has 31 heavy (non-hydrogen) atoms. The number of amides is 1. The van der Waals surface area contributed by atoms with Gasteiger partial charge >= 0.3 is 0 Å². The molecule has 0 atom stereocenters. The molecule has 0 aliphatic rings. The summed E-state index contributed by atoms with van der Waals surface area (Å²) >= 11 is 0. The van der Waals surface area contributed by atoms with Gasteiger partial charge in [-0.05, 0) is 55.8 Å². The Morgan fingerprint density at radius 3 is 2.48 bits per heavy atom. The van der Waals surface area contributed by atoms with E-state index in [9.17, 15) is 4.79 Å². The van der Waals surface area contributed by atoms with Crippen molar-refractivity contribution in [2.75, 3.05) is 32.6 Å². The number of nitrogens with zero attached hydrogens (tertiary/aromatic N) is 4. The average Bonchev–Trinajstić information content (AvgIpc) is 3.13. The molecule has 0 spiro atoms. The lowest BCUT2D eigenvalue weighted by atomic mass is 10.2. The van der Waals surface area contributed by atoms with Crippen LogP contribution in [0, 0.1) is 13.8 Å². The fourth-order valence-corrected chi connectivity index (χ4v) is 2.96. The molecule has 3 rings (SSSR count). The third kappa shape index (κ3) is 5.81. The second-order valence-electron chi connectivity index (χ2n) is 6.78. The average molecular weight is 422 g/mol. The molecule has 0 unspecified atom stereocenters. The Hall–Kier alpha value is -3.88. The fourth-order valence-electron chi connectivity index (χ4n) is 2.96. The quantitative estimate of drug-likeness (QED) is 0.403. The highest BCUT2D eigenvalue weighted by Gasteiger charge is 2.06. The zero-order chi connectivity index (χ0) is 22.2. The number of carbonyl (C=O) groups is 1. The van der Waals surface area contributed by atoms with Crippen molar-refractivity contribution in [3.63, 3.8) is 0 Å². The van der Waals surface area contributed by atoms with E-state index in [4.69, 9.17) is 9.47 Å². The molecule has 2 heterocycles. The van der Waals surface area contributed by atoms with Crippen molar-refractivity contribution in [1.82, 2.24) is 25.3 Å². The van der Waals surface area contributed by atoms with Gasteiger partial charge in [0.05, 0.1) is 19.9 Å². The van der Waals surface area contributed by atoms with Crippen LogP contribution in [0.5, 0.6) is 11.5 Å². The van der Waals surface area contributed by atoms with Crippen LogP contribution in [0.25, 0.3) is 11.9 Å². The molecule has 9 nitrogen and oxygen atoms in total. The first-order valence-corrected chi connectivity index (χ1v) is 9.79. The molecule has 0 aliphatic carbocycles. The summed E-state index contributed by atoms with van der Waals surface area (Å²) in [6, 6.07) is 11.1. The van der Waals surface area contributed by atoms with E-state index >= 15 is 0 Å². The van der Waals surface area contributed by atoms with Crippen molar-refractivity contribution in [2.24, 2.45) is 0 Å². The van der Waals surface area contributed by atoms with E-state index in [1.54, 1.807) is 37.1 Å². The Balaban J connectivity index is 1.44. The molecule has 1 amide bonds. The van der Waals surface area contributed by atoms with E-state index in [2.05, 4.69) is 25.9 Å². The Bertz CT molecular complexity index is 1060. The highest BCUT2D eigenvalue weighted by Crippen LogP contribution is 2.27. The normalized spacial score (nSPS) is 10.8. The molecule has 0 bridgehead atoms. The lowest BCUT2D eigenvalue weighted by molar-refractivity contribution is -0.116. The summed E-state index contributed by atoms with van der Waals surface area (Å²) in [5, 5.41) is 18.7. The van der Waals surface area contributed by atoms with Crippen LogP contribution in [0.4, 0.5) is 5.82 Å². The monoisotopic (exact) mass is 422 g/mol. The highest BCUT2D eigenvalue weighted by molar-refractivity contribution is 5.91. The first-order chi connectivity index (χ1) is 15.0. The van der Waals surface area contributed by atoms with Gasteiger partial charge < -0.3 is 20.1 Å². The van der Waals surface area contributed by atoms with E-state index in [1.807, 2.05) is 38.1 Å². The van der Waals surface area contributed by atoms with Gasteiger partial charge in [0, 0.05) is 24.9 Å². The van der Waals surface area contributed by atoms with Gasteiger partial charge in [0.25, 0.3) is 0 Å². The van der Waals surface area contributed by atoms with Gasteiger partial charge in [0.2, 0.25) is 5.91 Å². The number of ether oxygens (including phenoxy) is 2. The number of anilines is 1. The van der Waals surface area contributed by atoms with Gasteiger partial charge in [-0.1, -0.05) is 6.07 Å². The predicted molar refractivity (Wildman–Crippen MR) is 119 cm³/mol. The van der Waals surface area contributed by atoms with Gasteiger partial charge in [-0.2, -0.15) is 5.10 Å². The van der Waals surface area contributed by atoms with Crippen molar-refractivity contribution in [3.8, 4) is 17.3 Å². The fraction of sp³-hybridized carbons (Fsp3) is 0.273. The predicted octanol–water partition coefficient (Wildman–Crippen LogP) is 2.54. The van der Waals surface area contributed by atoms with Crippen LogP contribution < -0.4 is 20.1 Å². The summed E-state index contributed by atoms with van der Waals surface area (Å²) in [4.78, 5) is 12.0. The first kappa shape index (κ1) is 21.8. The molecule has 0 fully saturated rings. The molecule has 2 aromatic heterocycles. The molecule has 162 valence electrons. The van der Waals surface area contributed by atoms with E-state index < -0.39 is 0 Å². The van der Waals surface area contributed by atoms with Gasteiger partial charge in [0.1, 0.15) is 5.82 Å². The van der Waals surface area contributed by atoms with Crippen LogP contribution >= 0.6 is 0 Å². The van der Waals surface area contributed by atoms with E-state index in [-0.39, 0.29) is 5.91 Å². The number of carbonyl (C=O) groups excluding carboxylic acids is 1. The van der Waals surface area contributed by atoms with Crippen LogP contribution in [0.3, 0.4) is 0 Å². The topological polar surface area (TPSA) is 103 Å². The number of benzene rings is 1. The number of hydrogen-bond donors (Lipinski definition) is 2. The molecule has 0 radical (unpaired) electrons. The molecular formula is C22H26N6O3. The molecule has 0 saturated heterocycles. The summed E-state index contributed by atoms with van der Waals surface area (Å²) in [6.07, 6.45) is 3.19. The van der Waals surface area contributed by atoms with E-state index in [0.717, 1.165) is 17.0 Å². The van der Waals surface area contributed by atoms with Gasteiger partial charge in [-0.25, -0.2) is 4.68 Å². The maximum Gasteiger partial charge on any atom is 0.244 e. The molecule has 0 saturated carbocycles. The van der Waals surface area contributed by atoms with Crippen LogP contribution in [-0.2, 0) is 4.79 Å². The number of methoxy groups -OCH3 is 2. The third-order valence-electron chi connectivity index (χ3n) is 4.44. The SMILES string of the molecule is COc1ccc(/C=C/C(=O)NCCNc2ccc(-n3nc(C)cc3C)nn2)cc1OC. The van der Waals surface area contributed by atoms with Crippen molar-refractivity contribution >= 4 is 17.8 Å². The first-order valence-electron chi connectivity index (χ1n) is 9.79. The zero-order valence-electron chi connectivity index (χ0n) is 18.0. The summed E-state index contributed by atoms with van der Waals surface area (Å²) in [7, 11) is 3.15. The standard InChI is InChI=1S/C22H26N6O3/c1-15-13-16(2)28(27-15)21-9-8-20(25-26-21)23-11-12-24-22(29)10-6-17-5-7-18(30-3)19(14-17)31-4/h5-10,13-14H,11-12H2,1-4H3,(H,23,25)(H,24,29)/b10-6+. The van der Waals surface area contributed by atoms with Crippen LogP contribution in [0.1, 0.15) is 17.0 Å². The maximum absolute atomic E-state index is 12.0. The smallest absolute Gasteiger partial charge is 0.244 e. The molecule has 9 heteroatoms. The van der Waals surface area contributed by atoms with Gasteiger partial charge in [-0.3, -0.25) is 4.79 Å². The van der Waals surface area contributed by atoms with Crippen molar-refractivity contribution in [2.45, 2.75) is 13.8 Å². The molecule has 3 aromatic rings. The number of hydrogen-bond acceptors (Lipinski definition) is 7. The zero-order valence-corrected chi connectivity index (χ0v) is 18.0. The van der Waals surface area contributed by atoms with Crippen molar-refractivity contribution in [1.29, 1.82) is 0 Å². The van der Waals surface area contributed by atoms with Gasteiger partial charge in [-0.15, -0.1) is 10.2 Å². The molecule has 2 N–H and O–H groups in total. The molecule has 0 aliphatic heterocycles. The second-order valence-corrected chi connectivity index (χ2v) is 6.78. The van der Waals surface area contributed by atoms with Gasteiger partial charge in [0.15, 0.2) is 17.3 Å². The molecule has 1 aromatic carbocycles. The van der Waals surface area contributed by atoms with Crippen LogP contribution in [0.2, 0.25) is 0 Å². The summed E-state index contributed by atoms with van der Waals surface area (Å²) in [6.45, 7) is 4.86. The van der Waals surface area contributed by atoms with Crippen molar-refractivity contribution in [3.05, 3.63) is 59.4 Å². The largest absolute Gasteiger partial charge is 0.493 e. The maximum atomic E-state index is 12.0. The summed E-state index contributed by atoms with van der Waals surface area (Å²) in [5.74, 6) is 2.34. The minimum atomic E-state index is -0.192.